The Balaban J connectivity index is 1.31. The van der Waals surface area contributed by atoms with Crippen LogP contribution in [0.4, 0.5) is 31.1 Å². The summed E-state index contributed by atoms with van der Waals surface area (Å²) in [6.45, 7) is 4.31. The van der Waals surface area contributed by atoms with Gasteiger partial charge in [0.25, 0.3) is 5.91 Å². The molecule has 66 heavy (non-hydrogen) atoms. The number of hydrogen-bond donors (Lipinski definition) is 3. The Bertz CT molecular complexity index is 2460. The van der Waals surface area contributed by atoms with Crippen molar-refractivity contribution in [2.24, 2.45) is 17.8 Å². The van der Waals surface area contributed by atoms with Crippen LogP contribution in [-0.4, -0.2) is 104 Å². The summed E-state index contributed by atoms with van der Waals surface area (Å²) in [5, 5.41) is 14.6. The number of carbonyl (C=O) groups is 4. The van der Waals surface area contributed by atoms with Crippen LogP contribution in [0.25, 0.3) is 22.0 Å². The van der Waals surface area contributed by atoms with E-state index in [2.05, 4.69) is 20.0 Å². The number of ether oxygens (including phenoxy) is 1. The largest absolute Gasteiger partial charge is 0.488 e. The van der Waals surface area contributed by atoms with Crippen molar-refractivity contribution in [3.63, 3.8) is 0 Å². The molecule has 3 fully saturated rings. The van der Waals surface area contributed by atoms with Crippen molar-refractivity contribution >= 4 is 45.2 Å². The average molecular weight is 969 g/mol. The van der Waals surface area contributed by atoms with Crippen molar-refractivity contribution in [2.45, 2.75) is 126 Å². The number of rotatable bonds is 10. The third-order valence-electron chi connectivity index (χ3n) is 13.0. The summed E-state index contributed by atoms with van der Waals surface area (Å²) >= 11 is 1.20. The van der Waals surface area contributed by atoms with Crippen molar-refractivity contribution in [1.82, 2.24) is 29.8 Å². The second-order valence-corrected chi connectivity index (χ2v) is 20.9. The van der Waals surface area contributed by atoms with Crippen molar-refractivity contribution in [2.75, 3.05) is 6.54 Å². The summed E-state index contributed by atoms with van der Waals surface area (Å²) in [7, 11) is -4.09. The van der Waals surface area contributed by atoms with Crippen molar-refractivity contribution < 1.29 is 63.8 Å². The van der Waals surface area contributed by atoms with Gasteiger partial charge < -0.3 is 20.1 Å². The van der Waals surface area contributed by atoms with Crippen LogP contribution in [-0.2, 0) is 30.6 Å². The van der Waals surface area contributed by atoms with Crippen LogP contribution in [0.3, 0.4) is 0 Å². The lowest BCUT2D eigenvalue weighted by molar-refractivity contribution is -0.222. The minimum absolute atomic E-state index is 0.00617. The van der Waals surface area contributed by atoms with E-state index in [-0.39, 0.29) is 59.2 Å². The number of amides is 4. The second kappa shape index (κ2) is 18.1. The number of carboxylic acid groups (broad SMARTS) is 1. The first-order valence-electron chi connectivity index (χ1n) is 21.6. The Morgan fingerprint density at radius 1 is 1.05 bits per heavy atom. The molecular formula is C44H50F6N6O8S2. The molecule has 2 aromatic heterocycles. The van der Waals surface area contributed by atoms with Crippen molar-refractivity contribution in [3.05, 3.63) is 65.7 Å². The minimum Gasteiger partial charge on any atom is -0.488 e. The quantitative estimate of drug-likeness (QED) is 0.134. The monoisotopic (exact) mass is 968 g/mol. The van der Waals surface area contributed by atoms with Crippen LogP contribution >= 0.6 is 11.3 Å². The summed E-state index contributed by atoms with van der Waals surface area (Å²) < 4.78 is 120. The Kier molecular flexibility index (Phi) is 13.3. The molecule has 14 nitrogen and oxygen atoms in total. The van der Waals surface area contributed by atoms with Crippen LogP contribution in [0, 0.1) is 17.8 Å². The van der Waals surface area contributed by atoms with E-state index in [0.29, 0.717) is 44.5 Å². The van der Waals surface area contributed by atoms with E-state index in [1.807, 2.05) is 6.92 Å². The molecule has 1 aromatic carbocycles. The zero-order chi connectivity index (χ0) is 48.1. The molecule has 2 aliphatic heterocycles. The number of allylic oxidation sites excluding steroid dienone is 1. The molecule has 7 atom stereocenters. The number of fused-ring (bicyclic) bond motifs is 2. The highest BCUT2D eigenvalue weighted by Crippen LogP contribution is 2.47. The molecule has 7 rings (SSSR count). The topological polar surface area (TPSA) is 188 Å². The molecular weight excluding hydrogens is 919 g/mol. The third-order valence-corrected chi connectivity index (χ3v) is 15.6. The predicted molar refractivity (Wildman–Crippen MR) is 229 cm³/mol. The van der Waals surface area contributed by atoms with Gasteiger partial charge in [-0.1, -0.05) is 44.6 Å². The van der Waals surface area contributed by atoms with Gasteiger partial charge in [0, 0.05) is 41.6 Å². The number of nitrogens with one attached hydrogen (secondary N) is 2. The Morgan fingerprint density at radius 3 is 2.32 bits per heavy atom. The maximum absolute atomic E-state index is 15.3. The first-order valence-corrected chi connectivity index (χ1v) is 24.0. The van der Waals surface area contributed by atoms with Crippen molar-refractivity contribution in [3.8, 4) is 27.7 Å². The number of nitrogens with zero attached hydrogens (tertiary/aromatic N) is 4. The zero-order valence-corrected chi connectivity index (χ0v) is 38.0. The van der Waals surface area contributed by atoms with Crippen molar-refractivity contribution in [1.29, 1.82) is 0 Å². The maximum Gasteiger partial charge on any atom is 0.416 e. The number of thiazole rings is 1. The lowest BCUT2D eigenvalue weighted by Crippen LogP contribution is -2.66. The number of carbonyl (C=O) groups excluding carboxylic acids is 3. The van der Waals surface area contributed by atoms with Gasteiger partial charge >= 0.3 is 18.4 Å². The zero-order valence-electron chi connectivity index (χ0n) is 36.4. The summed E-state index contributed by atoms with van der Waals surface area (Å²) in [5.74, 6) is -4.88. The molecule has 2 saturated carbocycles. The highest BCUT2D eigenvalue weighted by Gasteiger charge is 2.63. The van der Waals surface area contributed by atoms with Gasteiger partial charge in [-0.25, -0.2) is 23.2 Å². The fourth-order valence-electron chi connectivity index (χ4n) is 8.88. The smallest absolute Gasteiger partial charge is 0.416 e. The van der Waals surface area contributed by atoms with Gasteiger partial charge in [-0.2, -0.15) is 26.3 Å². The van der Waals surface area contributed by atoms with Gasteiger partial charge in [0.2, 0.25) is 21.8 Å². The molecule has 0 unspecified atom stereocenters. The van der Waals surface area contributed by atoms with Crippen LogP contribution < -0.4 is 14.8 Å². The van der Waals surface area contributed by atoms with Crippen LogP contribution in [0.5, 0.6) is 5.75 Å². The Hall–Kier alpha value is -5.25. The molecule has 4 aliphatic rings. The number of benzene rings is 1. The normalized spacial score (nSPS) is 27.1. The number of aromatic nitrogens is 2. The molecule has 2 aliphatic carbocycles. The van der Waals surface area contributed by atoms with Gasteiger partial charge in [0.15, 0.2) is 0 Å². The number of alkyl halides is 6. The third kappa shape index (κ3) is 10.0. The van der Waals surface area contributed by atoms with E-state index in [1.54, 1.807) is 24.5 Å². The number of halogens is 6. The fourth-order valence-corrected chi connectivity index (χ4v) is 10.8. The lowest BCUT2D eigenvalue weighted by Gasteiger charge is -2.46. The second-order valence-electron chi connectivity index (χ2n) is 18.1. The van der Waals surface area contributed by atoms with Gasteiger partial charge in [-0.3, -0.25) is 24.0 Å². The van der Waals surface area contributed by atoms with Gasteiger partial charge in [-0.05, 0) is 76.3 Å². The van der Waals surface area contributed by atoms with E-state index in [9.17, 15) is 54.3 Å². The molecule has 4 heterocycles. The standard InChI is InChI=1S/C44H50F6N6O8S2/c1-5-25-18-24(2)8-6-7-9-28-22-42(28,39(59)54-66(62,63)31-14-15-31)53-36(57)34-21-30(23-55(34)38(58)35(25)56(40(60)61)41(3,4)44(48,49)50)64-29-19-32(52-33(20-29)37-51-16-17-65-37)26-10-12-27(13-11-26)43(45,46)47/h7,9-13,16-17,19-20,24-25,28,30-31,34-35H,5-6,8,14-15,18,21-23H2,1-4H3,(H,53,57)(H,54,59)(H,60,61)/b9-7-/t24-,25-,28-,30-,34+,35+,42-/m1/s1. The summed E-state index contributed by atoms with van der Waals surface area (Å²) in [6, 6.07) is 3.57. The van der Waals surface area contributed by atoms with Gasteiger partial charge in [0.05, 0.1) is 23.1 Å². The van der Waals surface area contributed by atoms with E-state index in [4.69, 9.17) is 4.74 Å². The Morgan fingerprint density at radius 2 is 1.73 bits per heavy atom. The highest BCUT2D eigenvalue weighted by atomic mass is 32.2. The van der Waals surface area contributed by atoms with E-state index in [0.717, 1.165) is 17.0 Å². The molecule has 22 heteroatoms. The number of pyridine rings is 1. The molecule has 358 valence electrons. The van der Waals surface area contributed by atoms with Gasteiger partial charge in [-0.15, -0.1) is 11.3 Å². The predicted octanol–water partition coefficient (Wildman–Crippen LogP) is 7.81. The number of sulfonamides is 1. The lowest BCUT2D eigenvalue weighted by atomic mass is 9.82. The molecule has 3 aromatic rings. The Labute approximate surface area is 381 Å². The molecule has 3 N–H and O–H groups in total. The fraction of sp³-hybridized carbons (Fsp3) is 0.545. The maximum atomic E-state index is 15.3. The SMILES string of the molecule is CC[C@@H]1C[C@H](C)CC/C=C\[C@@H]2C[C@@]2(C(=O)NS(=O)(=O)C2CC2)NC(=O)[C@@H]2C[C@@H](Oc3cc(-c4ccc(C(F)(F)F)cc4)nc(-c4nccs4)c3)CN2C(=O)[C@H]1N(C(=O)O)C(C)(C)C(F)(F)F. The molecule has 1 saturated heterocycles. The average Bonchev–Trinajstić information content (AvgIpc) is 4.10. The summed E-state index contributed by atoms with van der Waals surface area (Å²) in [5.41, 5.74) is -5.09. The minimum atomic E-state index is -5.16. The van der Waals surface area contributed by atoms with Crippen LogP contribution in [0.1, 0.15) is 84.6 Å². The van der Waals surface area contributed by atoms with E-state index in [1.165, 1.54) is 41.8 Å². The summed E-state index contributed by atoms with van der Waals surface area (Å²) in [6.07, 6.45) is -6.50. The number of hydrogen-bond acceptors (Lipinski definition) is 10. The van der Waals surface area contributed by atoms with E-state index >= 15 is 4.79 Å². The van der Waals surface area contributed by atoms with Crippen LogP contribution in [0.2, 0.25) is 0 Å². The van der Waals surface area contributed by atoms with E-state index < -0.39 is 105 Å². The molecule has 0 spiro atoms. The first-order chi connectivity index (χ1) is 30.9. The highest BCUT2D eigenvalue weighted by molar-refractivity contribution is 7.91. The molecule has 0 bridgehead atoms. The molecule has 0 radical (unpaired) electrons. The summed E-state index contributed by atoms with van der Waals surface area (Å²) in [4.78, 5) is 67.0. The van der Waals surface area contributed by atoms with Crippen LogP contribution in [0.15, 0.2) is 60.1 Å². The first kappa shape index (κ1) is 48.7. The molecule has 4 amide bonds. The van der Waals surface area contributed by atoms with Gasteiger partial charge in [0.1, 0.15) is 45.7 Å².